The first-order valence-electron chi connectivity index (χ1n) is 1.63. The van der Waals surface area contributed by atoms with Crippen molar-refractivity contribution in [3.05, 3.63) is 12.7 Å². The van der Waals surface area contributed by atoms with Crippen LogP contribution in [0.15, 0.2) is 22.9 Å². The third kappa shape index (κ3) is 3.39. The normalized spacial score (nSPS) is 10.7. The largest absolute Gasteiger partial charge is 0.166 e. The first kappa shape index (κ1) is 6.56. The van der Waals surface area contributed by atoms with Crippen molar-refractivity contribution in [3.63, 3.8) is 0 Å². The van der Waals surface area contributed by atoms with E-state index < -0.39 is 0 Å². The van der Waals surface area contributed by atoms with E-state index in [1.165, 1.54) is 6.08 Å². The smallest absolute Gasteiger partial charge is 0.128 e. The first-order valence-corrected chi connectivity index (χ1v) is 2.42. The van der Waals surface area contributed by atoms with Crippen molar-refractivity contribution in [1.29, 1.82) is 0 Å². The lowest BCUT2D eigenvalue weighted by atomic mass is 10.7. The van der Waals surface area contributed by atoms with Gasteiger partial charge in [-0.1, -0.05) is 6.58 Å². The van der Waals surface area contributed by atoms with E-state index in [2.05, 4.69) is 39.4 Å². The van der Waals surface area contributed by atoms with Gasteiger partial charge >= 0.3 is 0 Å². The SMILES string of the molecule is C=C/C(Br)=N\N=C. The van der Waals surface area contributed by atoms with Crippen molar-refractivity contribution in [3.8, 4) is 0 Å². The lowest BCUT2D eigenvalue weighted by Gasteiger charge is -1.75. The van der Waals surface area contributed by atoms with Crippen molar-refractivity contribution in [2.75, 3.05) is 0 Å². The number of hydrogen-bond acceptors (Lipinski definition) is 2. The fraction of sp³-hybridized carbons (Fsp3) is 0. The summed E-state index contributed by atoms with van der Waals surface area (Å²) in [5, 5.41) is 6.70. The molecule has 7 heavy (non-hydrogen) atoms. The second kappa shape index (κ2) is 3.74. The van der Waals surface area contributed by atoms with E-state index in [4.69, 9.17) is 0 Å². The quantitative estimate of drug-likeness (QED) is 0.433. The zero-order chi connectivity index (χ0) is 5.70. The summed E-state index contributed by atoms with van der Waals surface area (Å²) >= 11 is 3.04. The standard InChI is InChI=1S/C4H5BrN2/c1-3-4(5)7-6-2/h3H,1-2H2/b7-4+. The van der Waals surface area contributed by atoms with Gasteiger partial charge in [0.2, 0.25) is 0 Å². The fourth-order valence-electron chi connectivity index (χ4n) is 0.108. The summed E-state index contributed by atoms with van der Waals surface area (Å²) in [5.41, 5.74) is 0. The molecule has 0 N–H and O–H groups in total. The Kier molecular flexibility index (Phi) is 3.50. The monoisotopic (exact) mass is 160 g/mol. The molecule has 0 aromatic heterocycles. The molecule has 0 atom stereocenters. The van der Waals surface area contributed by atoms with Gasteiger partial charge in [-0.15, -0.1) is 5.10 Å². The molecule has 38 valence electrons. The Labute approximate surface area is 50.8 Å². The number of hydrogen-bond donors (Lipinski definition) is 0. The minimum Gasteiger partial charge on any atom is -0.166 e. The Morgan fingerprint density at radius 2 is 2.29 bits per heavy atom. The molecule has 0 saturated heterocycles. The zero-order valence-electron chi connectivity index (χ0n) is 3.76. The highest BCUT2D eigenvalue weighted by atomic mass is 79.9. The minimum atomic E-state index is 0.600. The average molecular weight is 161 g/mol. The van der Waals surface area contributed by atoms with Crippen molar-refractivity contribution < 1.29 is 0 Å². The van der Waals surface area contributed by atoms with E-state index in [1.54, 1.807) is 0 Å². The Morgan fingerprint density at radius 3 is 2.43 bits per heavy atom. The first-order chi connectivity index (χ1) is 3.31. The molecule has 0 aromatic rings. The summed E-state index contributed by atoms with van der Waals surface area (Å²) < 4.78 is 0.600. The maximum Gasteiger partial charge on any atom is 0.128 e. The second-order valence-electron chi connectivity index (χ2n) is 0.768. The summed E-state index contributed by atoms with van der Waals surface area (Å²) in [7, 11) is 0. The van der Waals surface area contributed by atoms with E-state index in [1.807, 2.05) is 0 Å². The van der Waals surface area contributed by atoms with Crippen LogP contribution in [-0.4, -0.2) is 11.3 Å². The second-order valence-corrected chi connectivity index (χ2v) is 1.58. The molecule has 0 amide bonds. The van der Waals surface area contributed by atoms with Crippen LogP contribution in [0.2, 0.25) is 0 Å². The number of halogens is 1. The van der Waals surface area contributed by atoms with Crippen LogP contribution < -0.4 is 0 Å². The highest BCUT2D eigenvalue weighted by Gasteiger charge is 1.75. The van der Waals surface area contributed by atoms with E-state index in [0.717, 1.165) is 0 Å². The molecule has 0 aliphatic rings. The van der Waals surface area contributed by atoms with E-state index in [9.17, 15) is 0 Å². The predicted octanol–water partition coefficient (Wildman–Crippen LogP) is 1.58. The molecule has 0 rings (SSSR count). The van der Waals surface area contributed by atoms with E-state index in [0.29, 0.717) is 4.62 Å². The van der Waals surface area contributed by atoms with Gasteiger partial charge in [-0.3, -0.25) is 0 Å². The van der Waals surface area contributed by atoms with E-state index in [-0.39, 0.29) is 0 Å². The molecular weight excluding hydrogens is 156 g/mol. The molecular formula is C4H5BrN2. The van der Waals surface area contributed by atoms with Gasteiger partial charge in [0.15, 0.2) is 0 Å². The van der Waals surface area contributed by atoms with Crippen LogP contribution in [0.4, 0.5) is 0 Å². The molecule has 0 heterocycles. The average Bonchev–Trinajstić information content (AvgIpc) is 1.68. The molecule has 0 spiro atoms. The summed E-state index contributed by atoms with van der Waals surface area (Å²) in [6.45, 7) is 6.55. The lowest BCUT2D eigenvalue weighted by molar-refractivity contribution is 1.28. The molecule has 2 nitrogen and oxygen atoms in total. The van der Waals surface area contributed by atoms with Crippen molar-refractivity contribution in [1.82, 2.24) is 0 Å². The van der Waals surface area contributed by atoms with Gasteiger partial charge in [-0.05, 0) is 22.0 Å². The Bertz CT molecular complexity index is 106. The van der Waals surface area contributed by atoms with Crippen LogP contribution in [0.1, 0.15) is 0 Å². The fourth-order valence-corrected chi connectivity index (χ4v) is 0.221. The third-order valence-corrected chi connectivity index (χ3v) is 0.817. The third-order valence-electron chi connectivity index (χ3n) is 0.335. The van der Waals surface area contributed by atoms with Gasteiger partial charge in [-0.25, -0.2) is 0 Å². The molecule has 0 aromatic carbocycles. The van der Waals surface area contributed by atoms with Crippen LogP contribution in [0.3, 0.4) is 0 Å². The Morgan fingerprint density at radius 1 is 1.71 bits per heavy atom. The minimum absolute atomic E-state index is 0.600. The van der Waals surface area contributed by atoms with Crippen LogP contribution in [-0.2, 0) is 0 Å². The molecule has 0 saturated carbocycles. The van der Waals surface area contributed by atoms with Crippen LogP contribution in [0, 0.1) is 0 Å². The highest BCUT2D eigenvalue weighted by Crippen LogP contribution is 1.88. The van der Waals surface area contributed by atoms with Gasteiger partial charge in [0, 0.05) is 6.72 Å². The number of allylic oxidation sites excluding steroid dienone is 1. The Balaban J connectivity index is 3.72. The predicted molar refractivity (Wildman–Crippen MR) is 36.1 cm³/mol. The molecule has 0 bridgehead atoms. The lowest BCUT2D eigenvalue weighted by Crippen LogP contribution is -1.70. The molecule has 3 heteroatoms. The van der Waals surface area contributed by atoms with Crippen LogP contribution in [0.25, 0.3) is 0 Å². The van der Waals surface area contributed by atoms with Crippen molar-refractivity contribution in [2.24, 2.45) is 10.2 Å². The Hall–Kier alpha value is -0.440. The summed E-state index contributed by atoms with van der Waals surface area (Å²) in [5.74, 6) is 0. The molecule has 0 aliphatic carbocycles. The highest BCUT2D eigenvalue weighted by molar-refractivity contribution is 9.18. The van der Waals surface area contributed by atoms with Gasteiger partial charge in [0.1, 0.15) is 4.62 Å². The zero-order valence-corrected chi connectivity index (χ0v) is 5.35. The maximum absolute atomic E-state index is 3.47. The van der Waals surface area contributed by atoms with Gasteiger partial charge < -0.3 is 0 Å². The van der Waals surface area contributed by atoms with Gasteiger partial charge in [-0.2, -0.15) is 5.10 Å². The number of nitrogens with zero attached hydrogens (tertiary/aromatic N) is 2. The van der Waals surface area contributed by atoms with Gasteiger partial charge in [0.25, 0.3) is 0 Å². The summed E-state index contributed by atoms with van der Waals surface area (Å²) in [4.78, 5) is 0. The number of rotatable bonds is 2. The molecule has 0 unspecified atom stereocenters. The topological polar surface area (TPSA) is 24.7 Å². The molecule has 0 fully saturated rings. The summed E-state index contributed by atoms with van der Waals surface area (Å²) in [6, 6.07) is 0. The summed E-state index contributed by atoms with van der Waals surface area (Å²) in [6.07, 6.45) is 1.54. The molecule has 0 radical (unpaired) electrons. The van der Waals surface area contributed by atoms with Gasteiger partial charge in [0.05, 0.1) is 0 Å². The van der Waals surface area contributed by atoms with Crippen LogP contribution in [0.5, 0.6) is 0 Å². The van der Waals surface area contributed by atoms with E-state index >= 15 is 0 Å². The van der Waals surface area contributed by atoms with Crippen LogP contribution >= 0.6 is 15.9 Å². The maximum atomic E-state index is 3.47. The van der Waals surface area contributed by atoms with Crippen molar-refractivity contribution in [2.45, 2.75) is 0 Å². The van der Waals surface area contributed by atoms with Crippen molar-refractivity contribution >= 4 is 27.3 Å². The molecule has 0 aliphatic heterocycles.